The molecule has 0 bridgehead atoms. The highest BCUT2D eigenvalue weighted by atomic mass is 127. The number of phenolic OH excluding ortho intramolecular Hbond substituents is 1. The van der Waals surface area contributed by atoms with E-state index in [0.717, 1.165) is 43.2 Å². The Morgan fingerprint density at radius 1 is 1.16 bits per heavy atom. The lowest BCUT2D eigenvalue weighted by Gasteiger charge is -2.35. The van der Waals surface area contributed by atoms with Gasteiger partial charge in [-0.1, -0.05) is 12.1 Å². The normalized spacial score (nSPS) is 16.3. The Hall–Kier alpha value is -2.36. The third-order valence-corrected chi connectivity index (χ3v) is 5.38. The van der Waals surface area contributed by atoms with E-state index in [1.165, 1.54) is 5.69 Å². The summed E-state index contributed by atoms with van der Waals surface area (Å²) in [5, 5.41) is 17.0. The first-order valence-corrected chi connectivity index (χ1v) is 10.3. The van der Waals surface area contributed by atoms with Gasteiger partial charge in [0.15, 0.2) is 5.96 Å². The number of phenols is 1. The molecule has 2 aromatic carbocycles. The number of aromatic hydroxyl groups is 1. The average Bonchev–Trinajstić information content (AvgIpc) is 2.79. The molecule has 0 saturated carbocycles. The highest BCUT2D eigenvalue weighted by Gasteiger charge is 2.21. The van der Waals surface area contributed by atoms with E-state index in [9.17, 15) is 5.11 Å². The van der Waals surface area contributed by atoms with Crippen LogP contribution in [0.25, 0.3) is 0 Å². The third kappa shape index (κ3) is 7.09. The number of hydrogen-bond donors (Lipinski definition) is 3. The number of nitrogens with one attached hydrogen (secondary N) is 2. The predicted molar refractivity (Wildman–Crippen MR) is 137 cm³/mol. The summed E-state index contributed by atoms with van der Waals surface area (Å²) < 4.78 is 10.5. The molecule has 1 aliphatic rings. The fraction of sp³-hybridized carbons (Fsp3) is 0.435. The quantitative estimate of drug-likeness (QED) is 0.284. The van der Waals surface area contributed by atoms with Crippen molar-refractivity contribution in [2.75, 3.05) is 45.8 Å². The van der Waals surface area contributed by atoms with E-state index in [1.807, 2.05) is 24.3 Å². The van der Waals surface area contributed by atoms with Crippen LogP contribution in [-0.2, 0) is 6.42 Å². The fourth-order valence-electron chi connectivity index (χ4n) is 3.72. The Morgan fingerprint density at radius 3 is 2.65 bits per heavy atom. The largest absolute Gasteiger partial charge is 0.508 e. The van der Waals surface area contributed by atoms with E-state index in [0.29, 0.717) is 24.8 Å². The van der Waals surface area contributed by atoms with Crippen LogP contribution in [0.2, 0.25) is 0 Å². The molecule has 2 aromatic rings. The molecule has 7 nitrogen and oxygen atoms in total. The molecule has 3 N–H and O–H groups in total. The number of benzene rings is 2. The molecular weight excluding hydrogens is 507 g/mol. The summed E-state index contributed by atoms with van der Waals surface area (Å²) in [5.74, 6) is 2.56. The Balaban J connectivity index is 0.00000341. The number of rotatable bonds is 7. The van der Waals surface area contributed by atoms with Crippen molar-refractivity contribution < 1.29 is 14.6 Å². The first-order valence-electron chi connectivity index (χ1n) is 10.3. The molecule has 1 atom stereocenters. The van der Waals surface area contributed by atoms with Gasteiger partial charge in [0.05, 0.1) is 14.2 Å². The Morgan fingerprint density at radius 2 is 1.94 bits per heavy atom. The Bertz CT molecular complexity index is 862. The number of methoxy groups -OCH3 is 2. The molecule has 0 radical (unpaired) electrons. The van der Waals surface area contributed by atoms with Crippen molar-refractivity contribution in [3.63, 3.8) is 0 Å². The van der Waals surface area contributed by atoms with Crippen LogP contribution in [0.4, 0.5) is 5.69 Å². The summed E-state index contributed by atoms with van der Waals surface area (Å²) in [4.78, 5) is 6.74. The minimum atomic E-state index is 0. The number of halogens is 1. The van der Waals surface area contributed by atoms with E-state index in [1.54, 1.807) is 27.3 Å². The second kappa shape index (κ2) is 12.5. The summed E-state index contributed by atoms with van der Waals surface area (Å²) in [7, 11) is 5.07. The first-order chi connectivity index (χ1) is 14.6. The van der Waals surface area contributed by atoms with Crippen LogP contribution < -0.4 is 25.0 Å². The Kier molecular flexibility index (Phi) is 10.0. The van der Waals surface area contributed by atoms with Gasteiger partial charge in [0.25, 0.3) is 0 Å². The molecule has 1 unspecified atom stereocenters. The number of piperidine rings is 1. The molecule has 0 aliphatic carbocycles. The second-order valence-corrected chi connectivity index (χ2v) is 7.37. The van der Waals surface area contributed by atoms with Crippen molar-refractivity contribution in [1.82, 2.24) is 10.6 Å². The lowest BCUT2D eigenvalue weighted by molar-refractivity contribution is 0.406. The summed E-state index contributed by atoms with van der Waals surface area (Å²) >= 11 is 0. The van der Waals surface area contributed by atoms with Gasteiger partial charge >= 0.3 is 0 Å². The summed E-state index contributed by atoms with van der Waals surface area (Å²) in [6.07, 6.45) is 2.91. The fourth-order valence-corrected chi connectivity index (χ4v) is 3.72. The van der Waals surface area contributed by atoms with Crippen LogP contribution in [0.5, 0.6) is 17.2 Å². The predicted octanol–water partition coefficient (Wildman–Crippen LogP) is 3.40. The number of hydrogen-bond acceptors (Lipinski definition) is 5. The maximum atomic E-state index is 10.1. The molecule has 0 spiro atoms. The minimum absolute atomic E-state index is 0. The molecule has 8 heteroatoms. The second-order valence-electron chi connectivity index (χ2n) is 7.37. The smallest absolute Gasteiger partial charge is 0.191 e. The molecule has 1 heterocycles. The van der Waals surface area contributed by atoms with Crippen LogP contribution in [0.1, 0.15) is 18.4 Å². The van der Waals surface area contributed by atoms with E-state index >= 15 is 0 Å². The number of nitrogens with zero attached hydrogens (tertiary/aromatic N) is 2. The zero-order valence-corrected chi connectivity index (χ0v) is 20.8. The van der Waals surface area contributed by atoms with Gasteiger partial charge < -0.3 is 30.1 Å². The summed E-state index contributed by atoms with van der Waals surface area (Å²) in [5.41, 5.74) is 2.05. The lowest BCUT2D eigenvalue weighted by atomic mass is 10.0. The van der Waals surface area contributed by atoms with Crippen LogP contribution >= 0.6 is 24.0 Å². The van der Waals surface area contributed by atoms with Crippen LogP contribution in [-0.4, -0.2) is 58.0 Å². The van der Waals surface area contributed by atoms with Crippen molar-refractivity contribution in [1.29, 1.82) is 0 Å². The monoisotopic (exact) mass is 540 g/mol. The van der Waals surface area contributed by atoms with Gasteiger partial charge in [-0.15, -0.1) is 24.0 Å². The van der Waals surface area contributed by atoms with E-state index < -0.39 is 0 Å². The molecule has 1 aliphatic heterocycles. The molecule has 0 amide bonds. The highest BCUT2D eigenvalue weighted by molar-refractivity contribution is 14.0. The SMILES string of the molecule is CN=C(NCCc1ccc(OC)cc1O)NC1CCCN(c2cccc(OC)c2)C1.I. The summed E-state index contributed by atoms with van der Waals surface area (Å²) in [6, 6.07) is 13.9. The number of aliphatic imine (C=N–C) groups is 1. The molecule has 1 saturated heterocycles. The standard InChI is InChI=1S/C23H32N4O3.HI/c1-24-23(25-12-11-17-9-10-21(30-3)15-22(17)28)26-18-6-5-13-27(16-18)19-7-4-8-20(14-19)29-2;/h4,7-10,14-15,18,28H,5-6,11-13,16H2,1-3H3,(H2,24,25,26);1H. The number of ether oxygens (including phenoxy) is 2. The van der Waals surface area contributed by atoms with Crippen LogP contribution in [0.3, 0.4) is 0 Å². The average molecular weight is 540 g/mol. The number of anilines is 1. The van der Waals surface area contributed by atoms with Crippen LogP contribution in [0.15, 0.2) is 47.5 Å². The maximum Gasteiger partial charge on any atom is 0.191 e. The molecule has 0 aromatic heterocycles. The molecule has 1 fully saturated rings. The van der Waals surface area contributed by atoms with Crippen molar-refractivity contribution in [2.45, 2.75) is 25.3 Å². The van der Waals surface area contributed by atoms with Crippen molar-refractivity contribution in [3.05, 3.63) is 48.0 Å². The van der Waals surface area contributed by atoms with E-state index in [2.05, 4.69) is 32.7 Å². The van der Waals surface area contributed by atoms with Gasteiger partial charge in [-0.3, -0.25) is 4.99 Å². The molecular formula is C23H33IN4O3. The number of guanidine groups is 1. The lowest BCUT2D eigenvalue weighted by Crippen LogP contribution is -2.51. The zero-order chi connectivity index (χ0) is 21.3. The summed E-state index contributed by atoms with van der Waals surface area (Å²) in [6.45, 7) is 2.62. The van der Waals surface area contributed by atoms with Gasteiger partial charge in [0.2, 0.25) is 0 Å². The Labute approximate surface area is 201 Å². The molecule has 170 valence electrons. The van der Waals surface area contributed by atoms with Gasteiger partial charge in [-0.25, -0.2) is 0 Å². The third-order valence-electron chi connectivity index (χ3n) is 5.38. The maximum absolute atomic E-state index is 10.1. The molecule has 31 heavy (non-hydrogen) atoms. The van der Waals surface area contributed by atoms with Gasteiger partial charge in [-0.05, 0) is 43.0 Å². The topological polar surface area (TPSA) is 78.4 Å². The van der Waals surface area contributed by atoms with E-state index in [4.69, 9.17) is 9.47 Å². The highest BCUT2D eigenvalue weighted by Crippen LogP contribution is 2.25. The first kappa shape index (κ1) is 24.9. The van der Waals surface area contributed by atoms with Crippen molar-refractivity contribution >= 4 is 35.6 Å². The van der Waals surface area contributed by atoms with Crippen molar-refractivity contribution in [3.8, 4) is 17.2 Å². The van der Waals surface area contributed by atoms with Gasteiger partial charge in [0, 0.05) is 50.5 Å². The van der Waals surface area contributed by atoms with E-state index in [-0.39, 0.29) is 29.7 Å². The minimum Gasteiger partial charge on any atom is -0.508 e. The van der Waals surface area contributed by atoms with Gasteiger partial charge in [0.1, 0.15) is 17.2 Å². The van der Waals surface area contributed by atoms with Gasteiger partial charge in [-0.2, -0.15) is 0 Å². The van der Waals surface area contributed by atoms with Crippen LogP contribution in [0, 0.1) is 0 Å². The van der Waals surface area contributed by atoms with Crippen molar-refractivity contribution in [2.24, 2.45) is 4.99 Å². The molecule has 3 rings (SSSR count). The zero-order valence-electron chi connectivity index (χ0n) is 18.4.